The molecule has 0 aliphatic carbocycles. The summed E-state index contributed by atoms with van der Waals surface area (Å²) in [5, 5.41) is 0. The van der Waals surface area contributed by atoms with E-state index in [0.717, 1.165) is 0 Å². The van der Waals surface area contributed by atoms with Crippen molar-refractivity contribution in [3.63, 3.8) is 0 Å². The molecule has 0 aromatic rings. The van der Waals surface area contributed by atoms with E-state index in [1.165, 1.54) is 7.11 Å². The van der Waals surface area contributed by atoms with Crippen molar-refractivity contribution in [2.75, 3.05) is 20.3 Å². The maximum atomic E-state index is 10.7. The fraction of sp³-hybridized carbons (Fsp3) is 0.833. The van der Waals surface area contributed by atoms with Crippen molar-refractivity contribution in [1.29, 1.82) is 0 Å². The van der Waals surface area contributed by atoms with Crippen LogP contribution in [0.3, 0.4) is 0 Å². The van der Waals surface area contributed by atoms with E-state index >= 15 is 0 Å². The van der Waals surface area contributed by atoms with Crippen LogP contribution in [0.4, 0.5) is 0 Å². The maximum Gasteiger partial charge on any atom is 0.325 e. The Hall–Kier alpha value is -0.610. The van der Waals surface area contributed by atoms with E-state index in [1.54, 1.807) is 6.92 Å². The predicted molar refractivity (Wildman–Crippen MR) is 36.5 cm³/mol. The predicted octanol–water partition coefficient (Wildman–Crippen LogP) is -0.477. The van der Waals surface area contributed by atoms with E-state index < -0.39 is 12.0 Å². The molecule has 0 aliphatic rings. The molecule has 0 fully saturated rings. The van der Waals surface area contributed by atoms with Gasteiger partial charge in [-0.1, -0.05) is 0 Å². The van der Waals surface area contributed by atoms with Crippen molar-refractivity contribution < 1.29 is 14.3 Å². The molecule has 4 heteroatoms. The van der Waals surface area contributed by atoms with Crippen LogP contribution in [0.25, 0.3) is 0 Å². The molecule has 60 valence electrons. The normalized spacial score (nSPS) is 12.7. The minimum absolute atomic E-state index is 0.207. The van der Waals surface area contributed by atoms with E-state index in [0.29, 0.717) is 6.61 Å². The van der Waals surface area contributed by atoms with Gasteiger partial charge >= 0.3 is 5.97 Å². The summed E-state index contributed by atoms with van der Waals surface area (Å²) >= 11 is 0. The first kappa shape index (κ1) is 9.39. The van der Waals surface area contributed by atoms with Crippen LogP contribution in [-0.2, 0) is 14.3 Å². The second kappa shape index (κ2) is 5.20. The lowest BCUT2D eigenvalue weighted by Crippen LogP contribution is -2.36. The SMILES string of the molecule is CCOC(=O)[C@@H](N)COC. The van der Waals surface area contributed by atoms with Crippen molar-refractivity contribution >= 4 is 5.97 Å². The summed E-state index contributed by atoms with van der Waals surface area (Å²) in [7, 11) is 1.49. The standard InChI is InChI=1S/C6H13NO3/c1-3-10-6(8)5(7)4-9-2/h5H,3-4,7H2,1-2H3/t5-/m0/s1. The zero-order valence-corrected chi connectivity index (χ0v) is 6.29. The maximum absolute atomic E-state index is 10.7. The number of rotatable bonds is 4. The van der Waals surface area contributed by atoms with E-state index in [4.69, 9.17) is 5.73 Å². The van der Waals surface area contributed by atoms with Crippen molar-refractivity contribution in [3.8, 4) is 0 Å². The van der Waals surface area contributed by atoms with Crippen LogP contribution in [0.1, 0.15) is 6.92 Å². The third-order valence-electron chi connectivity index (χ3n) is 0.936. The molecule has 0 heterocycles. The van der Waals surface area contributed by atoms with Crippen LogP contribution in [0.5, 0.6) is 0 Å². The Labute approximate surface area is 60.3 Å². The highest BCUT2D eigenvalue weighted by Crippen LogP contribution is 1.85. The number of hydrogen-bond donors (Lipinski definition) is 1. The van der Waals surface area contributed by atoms with Gasteiger partial charge in [-0.15, -0.1) is 0 Å². The molecule has 0 bridgehead atoms. The number of nitrogens with two attached hydrogens (primary N) is 1. The van der Waals surface area contributed by atoms with Gasteiger partial charge in [-0.3, -0.25) is 4.79 Å². The molecule has 0 aliphatic heterocycles. The third kappa shape index (κ3) is 3.42. The molecule has 0 saturated heterocycles. The highest BCUT2D eigenvalue weighted by molar-refractivity contribution is 5.75. The first-order valence-electron chi connectivity index (χ1n) is 3.13. The molecule has 4 nitrogen and oxygen atoms in total. The zero-order chi connectivity index (χ0) is 7.98. The van der Waals surface area contributed by atoms with E-state index in [-0.39, 0.29) is 6.61 Å². The minimum atomic E-state index is -0.648. The second-order valence-electron chi connectivity index (χ2n) is 1.81. The summed E-state index contributed by atoms with van der Waals surface area (Å²) < 4.78 is 9.26. The smallest absolute Gasteiger partial charge is 0.325 e. The number of carbonyl (C=O) groups excluding carboxylic acids is 1. The highest BCUT2D eigenvalue weighted by Gasteiger charge is 2.12. The Bertz CT molecular complexity index is 105. The number of carbonyl (C=O) groups is 1. The van der Waals surface area contributed by atoms with Gasteiger partial charge in [-0.05, 0) is 6.92 Å². The molecule has 10 heavy (non-hydrogen) atoms. The van der Waals surface area contributed by atoms with Crippen LogP contribution in [0.15, 0.2) is 0 Å². The molecule has 0 unspecified atom stereocenters. The van der Waals surface area contributed by atoms with Crippen molar-refractivity contribution in [1.82, 2.24) is 0 Å². The lowest BCUT2D eigenvalue weighted by molar-refractivity contribution is -0.145. The summed E-state index contributed by atoms with van der Waals surface area (Å²) in [6.45, 7) is 2.30. The molecule has 0 rings (SSSR count). The van der Waals surface area contributed by atoms with Crippen LogP contribution in [0.2, 0.25) is 0 Å². The molecule has 2 N–H and O–H groups in total. The fourth-order valence-electron chi connectivity index (χ4n) is 0.497. The van der Waals surface area contributed by atoms with Gasteiger partial charge in [0.15, 0.2) is 0 Å². The van der Waals surface area contributed by atoms with Gasteiger partial charge in [0.25, 0.3) is 0 Å². The minimum Gasteiger partial charge on any atom is -0.465 e. The molecular weight excluding hydrogens is 134 g/mol. The third-order valence-corrected chi connectivity index (χ3v) is 0.936. The van der Waals surface area contributed by atoms with Gasteiger partial charge in [0, 0.05) is 7.11 Å². The van der Waals surface area contributed by atoms with Crippen molar-refractivity contribution in [2.45, 2.75) is 13.0 Å². The van der Waals surface area contributed by atoms with Crippen molar-refractivity contribution in [3.05, 3.63) is 0 Å². The van der Waals surface area contributed by atoms with E-state index in [9.17, 15) is 4.79 Å². The topological polar surface area (TPSA) is 61.5 Å². The van der Waals surface area contributed by atoms with Gasteiger partial charge in [-0.25, -0.2) is 0 Å². The fourth-order valence-corrected chi connectivity index (χ4v) is 0.497. The Kier molecular flexibility index (Phi) is 4.88. The van der Waals surface area contributed by atoms with Crippen LogP contribution < -0.4 is 5.73 Å². The molecular formula is C6H13NO3. The number of ether oxygens (including phenoxy) is 2. The van der Waals surface area contributed by atoms with Gasteiger partial charge in [0.1, 0.15) is 6.04 Å². The quantitative estimate of drug-likeness (QED) is 0.546. The Balaban J connectivity index is 3.49. The molecule has 0 amide bonds. The van der Waals surface area contributed by atoms with Crippen LogP contribution in [0, 0.1) is 0 Å². The summed E-state index contributed by atoms with van der Waals surface area (Å²) in [6.07, 6.45) is 0. The first-order valence-corrected chi connectivity index (χ1v) is 3.13. The van der Waals surface area contributed by atoms with Crippen LogP contribution in [-0.4, -0.2) is 32.3 Å². The number of methoxy groups -OCH3 is 1. The summed E-state index contributed by atoms with van der Waals surface area (Å²) in [5.74, 6) is -0.413. The number of hydrogen-bond acceptors (Lipinski definition) is 4. The molecule has 0 saturated carbocycles. The van der Waals surface area contributed by atoms with Gasteiger partial charge in [-0.2, -0.15) is 0 Å². The zero-order valence-electron chi connectivity index (χ0n) is 6.29. The van der Waals surface area contributed by atoms with E-state index in [1.807, 2.05) is 0 Å². The lowest BCUT2D eigenvalue weighted by atomic mass is 10.3. The molecule has 0 aromatic carbocycles. The second-order valence-corrected chi connectivity index (χ2v) is 1.81. The van der Waals surface area contributed by atoms with Crippen LogP contribution >= 0.6 is 0 Å². The largest absolute Gasteiger partial charge is 0.465 e. The molecule has 1 atom stereocenters. The molecule has 0 aromatic heterocycles. The molecule has 0 spiro atoms. The Morgan fingerprint density at radius 2 is 2.30 bits per heavy atom. The monoisotopic (exact) mass is 147 g/mol. The Morgan fingerprint density at radius 1 is 1.70 bits per heavy atom. The average molecular weight is 147 g/mol. The summed E-state index contributed by atoms with van der Waals surface area (Å²) in [5.41, 5.74) is 5.31. The number of esters is 1. The first-order chi connectivity index (χ1) is 4.72. The Morgan fingerprint density at radius 3 is 2.70 bits per heavy atom. The van der Waals surface area contributed by atoms with Gasteiger partial charge in [0.05, 0.1) is 13.2 Å². The highest BCUT2D eigenvalue weighted by atomic mass is 16.5. The van der Waals surface area contributed by atoms with Crippen molar-refractivity contribution in [2.24, 2.45) is 5.73 Å². The average Bonchev–Trinajstić information content (AvgIpc) is 1.89. The summed E-state index contributed by atoms with van der Waals surface area (Å²) in [6, 6.07) is -0.648. The van der Waals surface area contributed by atoms with E-state index in [2.05, 4.69) is 9.47 Å². The van der Waals surface area contributed by atoms with Gasteiger partial charge in [0.2, 0.25) is 0 Å². The summed E-state index contributed by atoms with van der Waals surface area (Å²) in [4.78, 5) is 10.7. The van der Waals surface area contributed by atoms with Gasteiger partial charge < -0.3 is 15.2 Å². The molecule has 0 radical (unpaired) electrons. The lowest BCUT2D eigenvalue weighted by Gasteiger charge is -2.07.